The van der Waals surface area contributed by atoms with Crippen molar-refractivity contribution in [1.82, 2.24) is 4.57 Å². The molecule has 0 unspecified atom stereocenters. The number of aromatic nitrogens is 1. The van der Waals surface area contributed by atoms with E-state index in [-0.39, 0.29) is 22.1 Å². The van der Waals surface area contributed by atoms with Crippen LogP contribution in [0.1, 0.15) is 41.6 Å². The lowest BCUT2D eigenvalue weighted by molar-refractivity contribution is -0.113. The molecule has 0 fully saturated rings. The quantitative estimate of drug-likeness (QED) is 0.207. The summed E-state index contributed by atoms with van der Waals surface area (Å²) >= 11 is 7.38. The maximum Gasteiger partial charge on any atom is 0.339 e. The van der Waals surface area contributed by atoms with E-state index in [4.69, 9.17) is 30.5 Å². The molecular weight excluding hydrogens is 626 g/mol. The molecule has 3 heterocycles. The van der Waals surface area contributed by atoms with Crippen LogP contribution < -0.4 is 24.9 Å². The molecule has 0 bridgehead atoms. The number of thiazole rings is 1. The van der Waals surface area contributed by atoms with Crippen LogP contribution in [0, 0.1) is 0 Å². The second-order valence-electron chi connectivity index (χ2n) is 10.3. The fraction of sp³-hybridized carbons (Fsp3) is 0.143. The third-order valence-electron chi connectivity index (χ3n) is 7.36. The summed E-state index contributed by atoms with van der Waals surface area (Å²) in [4.78, 5) is 45.1. The molecule has 0 radical (unpaired) electrons. The van der Waals surface area contributed by atoms with E-state index in [1.165, 1.54) is 18.4 Å². The zero-order valence-electron chi connectivity index (χ0n) is 25.1. The number of anilines is 1. The Bertz CT molecular complexity index is 2160. The van der Waals surface area contributed by atoms with Crippen molar-refractivity contribution < 1.29 is 23.5 Å². The van der Waals surface area contributed by atoms with Crippen LogP contribution in [-0.2, 0) is 9.53 Å². The third kappa shape index (κ3) is 6.04. The predicted molar refractivity (Wildman–Crippen MR) is 177 cm³/mol. The minimum Gasteiger partial charge on any atom is -0.494 e. The molecule has 9 nitrogen and oxygen atoms in total. The molecule has 5 aromatic rings. The number of para-hydroxylation sites is 1. The van der Waals surface area contributed by atoms with Crippen molar-refractivity contribution in [2.75, 3.05) is 19.0 Å². The molecule has 46 heavy (non-hydrogen) atoms. The number of rotatable bonds is 8. The van der Waals surface area contributed by atoms with Crippen LogP contribution in [-0.4, -0.2) is 30.2 Å². The molecular formula is C35H28ClN3O6S. The molecule has 1 N–H and O–H groups in total. The van der Waals surface area contributed by atoms with Gasteiger partial charge in [-0.05, 0) is 74.0 Å². The van der Waals surface area contributed by atoms with E-state index in [1.54, 1.807) is 60.0 Å². The lowest BCUT2D eigenvalue weighted by Crippen LogP contribution is -2.40. The van der Waals surface area contributed by atoms with Crippen molar-refractivity contribution in [2.45, 2.75) is 19.9 Å². The van der Waals surface area contributed by atoms with Crippen LogP contribution in [0.3, 0.4) is 0 Å². The van der Waals surface area contributed by atoms with Gasteiger partial charge < -0.3 is 19.2 Å². The van der Waals surface area contributed by atoms with E-state index in [2.05, 4.69) is 5.32 Å². The summed E-state index contributed by atoms with van der Waals surface area (Å²) < 4.78 is 18.4. The number of nitrogens with zero attached hydrogens (tertiary/aromatic N) is 2. The Labute approximate surface area is 272 Å². The van der Waals surface area contributed by atoms with E-state index in [0.29, 0.717) is 55.7 Å². The van der Waals surface area contributed by atoms with Gasteiger partial charge in [-0.1, -0.05) is 53.3 Å². The molecule has 1 amide bonds. The number of carbonyl (C=O) groups is 2. The van der Waals surface area contributed by atoms with Gasteiger partial charge in [0.15, 0.2) is 4.80 Å². The van der Waals surface area contributed by atoms with Gasteiger partial charge in [-0.2, -0.15) is 0 Å². The number of hydrogen-bond donors (Lipinski definition) is 1. The maximum atomic E-state index is 14.1. The molecule has 0 spiro atoms. The number of halogens is 1. The number of fused-ring (bicyclic) bond motifs is 1. The van der Waals surface area contributed by atoms with Gasteiger partial charge in [-0.15, -0.1) is 0 Å². The molecule has 1 aliphatic heterocycles. The maximum absolute atomic E-state index is 14.1. The second kappa shape index (κ2) is 13.0. The number of ether oxygens (including phenoxy) is 2. The van der Waals surface area contributed by atoms with Crippen LogP contribution in [0.15, 0.2) is 110 Å². The summed E-state index contributed by atoms with van der Waals surface area (Å²) in [5, 5.41) is 3.22. The third-order valence-corrected chi connectivity index (χ3v) is 8.67. The summed E-state index contributed by atoms with van der Waals surface area (Å²) in [6.07, 6.45) is 1.64. The van der Waals surface area contributed by atoms with E-state index < -0.39 is 12.0 Å². The number of methoxy groups -OCH3 is 1. The van der Waals surface area contributed by atoms with Crippen LogP contribution in [0.25, 0.3) is 17.4 Å². The average molecular weight is 654 g/mol. The van der Waals surface area contributed by atoms with Gasteiger partial charge in [-0.3, -0.25) is 14.2 Å². The standard InChI is InChI=1S/C35H28ClN3O6S/c1-4-44-24-13-10-21(11-14-24)31-30(32(40)38-23-8-6-5-7-9-23)20(2)37-35-39(31)33(41)29(46-35)19-25-15-17-28(45-25)22-12-16-27(36)26(18-22)34(42)43-3/h5-19,31H,4H2,1-3H3,(H,38,40)/b29-19-/t31-/m1/s1. The fourth-order valence-electron chi connectivity index (χ4n) is 5.22. The van der Waals surface area contributed by atoms with Gasteiger partial charge in [-0.25, -0.2) is 9.79 Å². The van der Waals surface area contributed by atoms with Crippen molar-refractivity contribution in [3.05, 3.63) is 138 Å². The largest absolute Gasteiger partial charge is 0.494 e. The molecule has 2 aromatic heterocycles. The van der Waals surface area contributed by atoms with Crippen LogP contribution >= 0.6 is 22.9 Å². The number of amides is 1. The lowest BCUT2D eigenvalue weighted by Gasteiger charge is -2.25. The normalized spacial score (nSPS) is 14.4. The minimum atomic E-state index is -0.740. The van der Waals surface area contributed by atoms with Crippen molar-refractivity contribution in [3.8, 4) is 17.1 Å². The SMILES string of the molecule is CCOc1ccc([C@@H]2C(C(=O)Nc3ccccc3)=C(C)N=c3s/c(=C\c4ccc(-c5ccc(Cl)c(C(=O)OC)c5)o4)c(=O)n32)cc1. The number of esters is 1. The topological polar surface area (TPSA) is 112 Å². The Morgan fingerprint density at radius 1 is 1.07 bits per heavy atom. The van der Waals surface area contributed by atoms with Gasteiger partial charge in [0.25, 0.3) is 11.5 Å². The Hall–Kier alpha value is -5.19. The van der Waals surface area contributed by atoms with Gasteiger partial charge in [0.1, 0.15) is 17.3 Å². The van der Waals surface area contributed by atoms with Gasteiger partial charge in [0.05, 0.1) is 46.1 Å². The first-order valence-electron chi connectivity index (χ1n) is 14.4. The molecule has 1 aliphatic rings. The highest BCUT2D eigenvalue weighted by Crippen LogP contribution is 2.32. The summed E-state index contributed by atoms with van der Waals surface area (Å²) in [6.45, 7) is 4.19. The van der Waals surface area contributed by atoms with Crippen LogP contribution in [0.5, 0.6) is 5.75 Å². The molecule has 3 aromatic carbocycles. The highest BCUT2D eigenvalue weighted by atomic mass is 35.5. The van der Waals surface area contributed by atoms with Crippen LogP contribution in [0.4, 0.5) is 5.69 Å². The first-order valence-corrected chi connectivity index (χ1v) is 15.6. The first-order chi connectivity index (χ1) is 22.3. The van der Waals surface area contributed by atoms with Gasteiger partial charge in [0.2, 0.25) is 0 Å². The lowest BCUT2D eigenvalue weighted by atomic mass is 9.95. The summed E-state index contributed by atoms with van der Waals surface area (Å²) in [5.74, 6) is 0.663. The fourth-order valence-corrected chi connectivity index (χ4v) is 6.44. The second-order valence-corrected chi connectivity index (χ2v) is 11.7. The summed E-state index contributed by atoms with van der Waals surface area (Å²) in [7, 11) is 1.28. The molecule has 0 saturated heterocycles. The Balaban J connectivity index is 1.42. The number of allylic oxidation sites excluding steroid dienone is 1. The molecule has 6 rings (SSSR count). The van der Waals surface area contributed by atoms with Crippen LogP contribution in [0.2, 0.25) is 5.02 Å². The van der Waals surface area contributed by atoms with Gasteiger partial charge in [0, 0.05) is 17.3 Å². The van der Waals surface area contributed by atoms with Gasteiger partial charge >= 0.3 is 5.97 Å². The van der Waals surface area contributed by atoms with E-state index in [9.17, 15) is 14.4 Å². The van der Waals surface area contributed by atoms with Crippen molar-refractivity contribution in [1.29, 1.82) is 0 Å². The molecule has 0 aliphatic carbocycles. The summed E-state index contributed by atoms with van der Waals surface area (Å²) in [6, 6.07) is 24.1. The summed E-state index contributed by atoms with van der Waals surface area (Å²) in [5.41, 5.74) is 2.73. The smallest absolute Gasteiger partial charge is 0.339 e. The zero-order valence-corrected chi connectivity index (χ0v) is 26.6. The van der Waals surface area contributed by atoms with Crippen molar-refractivity contribution in [2.24, 2.45) is 4.99 Å². The molecule has 11 heteroatoms. The number of furan rings is 1. The molecule has 232 valence electrons. The minimum absolute atomic E-state index is 0.213. The van der Waals surface area contributed by atoms with E-state index in [0.717, 1.165) is 5.56 Å². The Morgan fingerprint density at radius 3 is 2.54 bits per heavy atom. The highest BCUT2D eigenvalue weighted by molar-refractivity contribution is 7.07. The highest BCUT2D eigenvalue weighted by Gasteiger charge is 2.32. The van der Waals surface area contributed by atoms with E-state index in [1.807, 2.05) is 49.4 Å². The zero-order chi connectivity index (χ0) is 32.4. The monoisotopic (exact) mass is 653 g/mol. The molecule has 0 saturated carbocycles. The first kappa shape index (κ1) is 30.8. The number of benzene rings is 3. The Morgan fingerprint density at radius 2 is 1.83 bits per heavy atom. The predicted octanol–water partition coefficient (Wildman–Crippen LogP) is 5.97. The number of hydrogen-bond acceptors (Lipinski definition) is 8. The number of nitrogens with one attached hydrogen (secondary N) is 1. The Kier molecular flexibility index (Phi) is 8.74. The number of carbonyl (C=O) groups excluding carboxylic acids is 2. The van der Waals surface area contributed by atoms with E-state index >= 15 is 0 Å². The molecule has 1 atom stereocenters. The van der Waals surface area contributed by atoms with Crippen molar-refractivity contribution in [3.63, 3.8) is 0 Å². The average Bonchev–Trinajstić information content (AvgIpc) is 3.65. The van der Waals surface area contributed by atoms with Crippen molar-refractivity contribution >= 4 is 46.6 Å².